The van der Waals surface area contributed by atoms with E-state index in [4.69, 9.17) is 19.4 Å². The van der Waals surface area contributed by atoms with Crippen LogP contribution >= 0.6 is 0 Å². The quantitative estimate of drug-likeness (QED) is 0.838. The average molecular weight is 332 g/mol. The van der Waals surface area contributed by atoms with Crippen LogP contribution in [0, 0.1) is 11.3 Å². The van der Waals surface area contributed by atoms with E-state index in [0.29, 0.717) is 11.2 Å². The summed E-state index contributed by atoms with van der Waals surface area (Å²) in [5, 5.41) is 18.5. The van der Waals surface area contributed by atoms with Crippen molar-refractivity contribution in [2.24, 2.45) is 0 Å². The van der Waals surface area contributed by atoms with E-state index in [1.807, 2.05) is 6.07 Å². The first-order valence-electron chi connectivity index (χ1n) is 6.99. The summed E-state index contributed by atoms with van der Waals surface area (Å²) in [7, 11) is -0.948. The molecule has 0 spiro atoms. The zero-order chi connectivity index (χ0) is 17.1. The zero-order valence-electron chi connectivity index (χ0n) is 12.3. The van der Waals surface area contributed by atoms with Gasteiger partial charge in [-0.3, -0.25) is 0 Å². The minimum absolute atomic E-state index is 0.0356. The maximum atomic E-state index is 12.3. The summed E-state index contributed by atoms with van der Waals surface area (Å²) in [6, 6.07) is 9.61. The molecule has 1 aromatic carbocycles. The molecule has 2 aromatic rings. The Labute approximate surface area is 136 Å². The van der Waals surface area contributed by atoms with Crippen LogP contribution in [0.5, 0.6) is 17.5 Å². The molecule has 9 heteroatoms. The summed E-state index contributed by atoms with van der Waals surface area (Å²) in [6.07, 6.45) is -2.67. The molecule has 0 aliphatic carbocycles. The van der Waals surface area contributed by atoms with Crippen molar-refractivity contribution in [3.8, 4) is 23.6 Å². The van der Waals surface area contributed by atoms with Crippen molar-refractivity contribution >= 4 is 12.6 Å². The molecule has 122 valence electrons. The molecule has 0 radical (unpaired) electrons. The third-order valence-electron chi connectivity index (χ3n) is 3.30. The highest BCUT2D eigenvalue weighted by molar-refractivity contribution is 6.61. The maximum Gasteiger partial charge on any atom is 0.491 e. The SMILES string of the molecule is N#Cc1ccc(Oc2ccc3c(c2)COB3O)nc1OCC(F)F. The predicted molar refractivity (Wildman–Crippen MR) is 79.4 cm³/mol. The Morgan fingerprint density at radius 2 is 2.21 bits per heavy atom. The Bertz CT molecular complexity index is 798. The number of pyridine rings is 1. The number of nitrogens with zero attached hydrogens (tertiary/aromatic N) is 2. The number of nitriles is 1. The summed E-state index contributed by atoms with van der Waals surface area (Å²) in [5.74, 6) is 0.316. The molecule has 1 aliphatic heterocycles. The second kappa shape index (κ2) is 6.82. The molecular formula is C15H11BF2N2O4. The predicted octanol–water partition coefficient (Wildman–Crippen LogP) is 1.61. The van der Waals surface area contributed by atoms with Crippen molar-refractivity contribution in [2.45, 2.75) is 13.0 Å². The molecular weight excluding hydrogens is 321 g/mol. The number of benzene rings is 1. The largest absolute Gasteiger partial charge is 0.491 e. The van der Waals surface area contributed by atoms with Gasteiger partial charge in [0.05, 0.1) is 6.61 Å². The van der Waals surface area contributed by atoms with Crippen LogP contribution in [-0.4, -0.2) is 30.2 Å². The van der Waals surface area contributed by atoms with Crippen molar-refractivity contribution in [1.82, 2.24) is 4.98 Å². The molecule has 1 N–H and O–H groups in total. The molecule has 24 heavy (non-hydrogen) atoms. The van der Waals surface area contributed by atoms with Crippen LogP contribution in [0.15, 0.2) is 30.3 Å². The first-order chi connectivity index (χ1) is 11.6. The van der Waals surface area contributed by atoms with E-state index in [0.717, 1.165) is 5.56 Å². The Morgan fingerprint density at radius 3 is 2.96 bits per heavy atom. The third-order valence-corrected chi connectivity index (χ3v) is 3.30. The van der Waals surface area contributed by atoms with Gasteiger partial charge in [-0.1, -0.05) is 6.07 Å². The molecule has 1 aromatic heterocycles. The number of ether oxygens (including phenoxy) is 2. The lowest BCUT2D eigenvalue weighted by molar-refractivity contribution is 0.0791. The van der Waals surface area contributed by atoms with Crippen molar-refractivity contribution in [3.05, 3.63) is 41.5 Å². The highest BCUT2D eigenvalue weighted by Crippen LogP contribution is 2.26. The number of halogens is 2. The van der Waals surface area contributed by atoms with Crippen molar-refractivity contribution < 1.29 is 27.9 Å². The van der Waals surface area contributed by atoms with Gasteiger partial charge in [0.2, 0.25) is 11.8 Å². The Kier molecular flexibility index (Phi) is 4.60. The van der Waals surface area contributed by atoms with Gasteiger partial charge in [-0.25, -0.2) is 8.78 Å². The Hall–Kier alpha value is -2.70. The molecule has 0 fully saturated rings. The molecule has 0 unspecified atom stereocenters. The van der Waals surface area contributed by atoms with E-state index in [1.165, 1.54) is 12.1 Å². The minimum Gasteiger partial charge on any atom is -0.471 e. The van der Waals surface area contributed by atoms with Gasteiger partial charge in [-0.05, 0) is 29.2 Å². The maximum absolute atomic E-state index is 12.3. The minimum atomic E-state index is -2.67. The molecule has 0 saturated heterocycles. The van der Waals surface area contributed by atoms with Crippen molar-refractivity contribution in [3.63, 3.8) is 0 Å². The van der Waals surface area contributed by atoms with Gasteiger partial charge < -0.3 is 19.2 Å². The second-order valence-corrected chi connectivity index (χ2v) is 4.94. The fraction of sp³-hybridized carbons (Fsp3) is 0.200. The summed E-state index contributed by atoms with van der Waals surface area (Å²) < 4.78 is 40.0. The van der Waals surface area contributed by atoms with Gasteiger partial charge in [0, 0.05) is 6.07 Å². The van der Waals surface area contributed by atoms with E-state index < -0.39 is 20.2 Å². The van der Waals surface area contributed by atoms with Gasteiger partial charge in [0.1, 0.15) is 17.4 Å². The molecule has 6 nitrogen and oxygen atoms in total. The lowest BCUT2D eigenvalue weighted by atomic mass is 9.80. The average Bonchev–Trinajstić information content (AvgIpc) is 2.94. The van der Waals surface area contributed by atoms with E-state index in [-0.39, 0.29) is 23.9 Å². The standard InChI is InChI=1S/C15H11BF2N2O4/c17-13(18)8-22-15-9(6-19)1-4-14(20-15)24-11-2-3-12-10(5-11)7-23-16(12)21/h1-5,13,21H,7-8H2. The molecule has 3 rings (SSSR count). The number of rotatable bonds is 5. The normalized spacial score (nSPS) is 12.9. The summed E-state index contributed by atoms with van der Waals surface area (Å²) in [6.45, 7) is -0.601. The highest BCUT2D eigenvalue weighted by atomic mass is 19.3. The van der Waals surface area contributed by atoms with Gasteiger partial charge >= 0.3 is 7.12 Å². The van der Waals surface area contributed by atoms with Crippen LogP contribution in [0.3, 0.4) is 0 Å². The van der Waals surface area contributed by atoms with Crippen LogP contribution in [0.1, 0.15) is 11.1 Å². The van der Waals surface area contributed by atoms with E-state index >= 15 is 0 Å². The summed E-state index contributed by atoms with van der Waals surface area (Å²) in [4.78, 5) is 3.94. The van der Waals surface area contributed by atoms with Crippen LogP contribution < -0.4 is 14.9 Å². The Balaban J connectivity index is 1.80. The van der Waals surface area contributed by atoms with Gasteiger partial charge in [0.15, 0.2) is 6.61 Å². The highest BCUT2D eigenvalue weighted by Gasteiger charge is 2.27. The number of hydrogen-bond donors (Lipinski definition) is 1. The van der Waals surface area contributed by atoms with Crippen LogP contribution in [-0.2, 0) is 11.3 Å². The first kappa shape index (κ1) is 16.2. The summed E-state index contributed by atoms with van der Waals surface area (Å²) >= 11 is 0. The number of alkyl halides is 2. The molecule has 0 saturated carbocycles. The number of hydrogen-bond acceptors (Lipinski definition) is 6. The first-order valence-corrected chi connectivity index (χ1v) is 6.99. The number of fused-ring (bicyclic) bond motifs is 1. The van der Waals surface area contributed by atoms with E-state index in [2.05, 4.69) is 4.98 Å². The van der Waals surface area contributed by atoms with Crippen molar-refractivity contribution in [1.29, 1.82) is 5.26 Å². The fourth-order valence-electron chi connectivity index (χ4n) is 2.21. The number of aromatic nitrogens is 1. The zero-order valence-corrected chi connectivity index (χ0v) is 12.3. The van der Waals surface area contributed by atoms with Crippen LogP contribution in [0.2, 0.25) is 0 Å². The van der Waals surface area contributed by atoms with E-state index in [1.54, 1.807) is 18.2 Å². The molecule has 0 atom stereocenters. The Morgan fingerprint density at radius 1 is 1.38 bits per heavy atom. The smallest absolute Gasteiger partial charge is 0.471 e. The van der Waals surface area contributed by atoms with Gasteiger partial charge in [-0.2, -0.15) is 10.2 Å². The topological polar surface area (TPSA) is 84.6 Å². The van der Waals surface area contributed by atoms with Gasteiger partial charge in [0.25, 0.3) is 6.43 Å². The molecule has 1 aliphatic rings. The lowest BCUT2D eigenvalue weighted by Gasteiger charge is -2.10. The van der Waals surface area contributed by atoms with Crippen molar-refractivity contribution in [2.75, 3.05) is 6.61 Å². The second-order valence-electron chi connectivity index (χ2n) is 4.94. The molecule has 0 bridgehead atoms. The van der Waals surface area contributed by atoms with Crippen LogP contribution in [0.25, 0.3) is 0 Å². The monoisotopic (exact) mass is 332 g/mol. The third kappa shape index (κ3) is 3.45. The van der Waals surface area contributed by atoms with Gasteiger partial charge in [-0.15, -0.1) is 0 Å². The molecule has 2 heterocycles. The lowest BCUT2D eigenvalue weighted by Crippen LogP contribution is -2.27. The van der Waals surface area contributed by atoms with E-state index in [9.17, 15) is 13.8 Å². The fourth-order valence-corrected chi connectivity index (χ4v) is 2.21. The summed E-state index contributed by atoms with van der Waals surface area (Å²) in [5.41, 5.74) is 1.48. The van der Waals surface area contributed by atoms with Crippen LogP contribution in [0.4, 0.5) is 8.78 Å². The molecule has 0 amide bonds.